The van der Waals surface area contributed by atoms with Crippen molar-refractivity contribution < 1.29 is 23.7 Å². The Balaban J connectivity index is 1.75. The minimum absolute atomic E-state index is 0.120. The third kappa shape index (κ3) is 17.0. The molecular weight excluding hydrogens is 368 g/mol. The lowest BCUT2D eigenvalue weighted by Crippen LogP contribution is -2.14. The van der Waals surface area contributed by atoms with Crippen LogP contribution in [0.2, 0.25) is 0 Å². The van der Waals surface area contributed by atoms with E-state index in [1.807, 2.05) is 30.3 Å². The molecule has 1 aromatic rings. The largest absolute Gasteiger partial charge is 0.491 e. The van der Waals surface area contributed by atoms with E-state index >= 15 is 0 Å². The standard InChI is InChI=1S/C24H40O5/c1-2-3-4-5-6-7-8-9-13-16-24(25)29-22-20-27-18-17-26-19-21-28-23-14-11-10-12-15-23/h10-12,14-15H,2-9,13,16-22H2,1H3. The van der Waals surface area contributed by atoms with Gasteiger partial charge in [0.25, 0.3) is 0 Å². The topological polar surface area (TPSA) is 54.0 Å². The molecule has 0 saturated heterocycles. The summed E-state index contributed by atoms with van der Waals surface area (Å²) in [4.78, 5) is 11.7. The maximum atomic E-state index is 11.7. The van der Waals surface area contributed by atoms with Crippen LogP contribution in [0.1, 0.15) is 71.1 Å². The number of esters is 1. The SMILES string of the molecule is CCCCCCCCCCCC(=O)OCCOCCOCCOc1ccccc1. The van der Waals surface area contributed by atoms with Gasteiger partial charge in [-0.25, -0.2) is 0 Å². The summed E-state index contributed by atoms with van der Waals surface area (Å²) in [6, 6.07) is 9.66. The van der Waals surface area contributed by atoms with Crippen LogP contribution in [0.3, 0.4) is 0 Å². The van der Waals surface area contributed by atoms with Crippen LogP contribution in [0.5, 0.6) is 5.75 Å². The fourth-order valence-electron chi connectivity index (χ4n) is 2.92. The summed E-state index contributed by atoms with van der Waals surface area (Å²) in [5, 5.41) is 0. The third-order valence-electron chi connectivity index (χ3n) is 4.59. The smallest absolute Gasteiger partial charge is 0.305 e. The zero-order valence-corrected chi connectivity index (χ0v) is 18.2. The summed E-state index contributed by atoms with van der Waals surface area (Å²) in [5.41, 5.74) is 0. The molecule has 0 aliphatic heterocycles. The molecule has 0 aliphatic carbocycles. The average molecular weight is 409 g/mol. The molecule has 166 valence electrons. The van der Waals surface area contributed by atoms with E-state index in [1.165, 1.54) is 44.9 Å². The van der Waals surface area contributed by atoms with Crippen LogP contribution in [0.15, 0.2) is 30.3 Å². The molecule has 0 atom stereocenters. The fourth-order valence-corrected chi connectivity index (χ4v) is 2.92. The first-order valence-electron chi connectivity index (χ1n) is 11.3. The van der Waals surface area contributed by atoms with Gasteiger partial charge in [0.2, 0.25) is 0 Å². The number of hydrogen-bond acceptors (Lipinski definition) is 5. The van der Waals surface area contributed by atoms with Gasteiger partial charge in [0.05, 0.1) is 26.4 Å². The van der Waals surface area contributed by atoms with Gasteiger partial charge in [-0.1, -0.05) is 76.5 Å². The second-order valence-corrected chi connectivity index (χ2v) is 7.19. The average Bonchev–Trinajstić information content (AvgIpc) is 2.74. The van der Waals surface area contributed by atoms with Crippen molar-refractivity contribution >= 4 is 5.97 Å². The minimum atomic E-state index is -0.120. The maximum absolute atomic E-state index is 11.7. The molecule has 0 radical (unpaired) electrons. The lowest BCUT2D eigenvalue weighted by atomic mass is 10.1. The van der Waals surface area contributed by atoms with Gasteiger partial charge in [0.15, 0.2) is 0 Å². The highest BCUT2D eigenvalue weighted by Gasteiger charge is 2.02. The number of carbonyl (C=O) groups excluding carboxylic acids is 1. The Morgan fingerprint density at radius 2 is 1.24 bits per heavy atom. The van der Waals surface area contributed by atoms with E-state index in [0.29, 0.717) is 46.1 Å². The van der Waals surface area contributed by atoms with Crippen molar-refractivity contribution in [2.75, 3.05) is 39.6 Å². The zero-order chi connectivity index (χ0) is 20.8. The number of benzene rings is 1. The van der Waals surface area contributed by atoms with Gasteiger partial charge in [-0.3, -0.25) is 4.79 Å². The quantitative estimate of drug-likeness (QED) is 0.209. The highest BCUT2D eigenvalue weighted by Crippen LogP contribution is 2.11. The summed E-state index contributed by atoms with van der Waals surface area (Å²) in [5.74, 6) is 0.724. The molecule has 0 amide bonds. The predicted molar refractivity (Wildman–Crippen MR) is 116 cm³/mol. The summed E-state index contributed by atoms with van der Waals surface area (Å²) in [6.07, 6.45) is 11.7. The molecule has 5 heteroatoms. The Labute approximate surface area is 177 Å². The Hall–Kier alpha value is -1.59. The molecule has 5 nitrogen and oxygen atoms in total. The number of ether oxygens (including phenoxy) is 4. The number of para-hydroxylation sites is 1. The molecule has 1 aromatic carbocycles. The van der Waals surface area contributed by atoms with Gasteiger partial charge in [0, 0.05) is 6.42 Å². The molecule has 0 spiro atoms. The number of unbranched alkanes of at least 4 members (excludes halogenated alkanes) is 8. The van der Waals surface area contributed by atoms with Crippen LogP contribution in [-0.2, 0) is 19.0 Å². The van der Waals surface area contributed by atoms with Crippen LogP contribution in [0.25, 0.3) is 0 Å². The van der Waals surface area contributed by atoms with E-state index in [4.69, 9.17) is 18.9 Å². The number of carbonyl (C=O) groups is 1. The Morgan fingerprint density at radius 3 is 1.90 bits per heavy atom. The van der Waals surface area contributed by atoms with Crippen LogP contribution in [0.4, 0.5) is 0 Å². The van der Waals surface area contributed by atoms with Gasteiger partial charge in [-0.15, -0.1) is 0 Å². The highest BCUT2D eigenvalue weighted by molar-refractivity contribution is 5.69. The molecule has 0 bridgehead atoms. The predicted octanol–water partition coefficient (Wildman–Crippen LogP) is 5.56. The summed E-state index contributed by atoms with van der Waals surface area (Å²) in [7, 11) is 0. The Kier molecular flexibility index (Phi) is 17.3. The van der Waals surface area contributed by atoms with Crippen LogP contribution in [-0.4, -0.2) is 45.6 Å². The molecule has 0 unspecified atom stereocenters. The van der Waals surface area contributed by atoms with Gasteiger partial charge in [0.1, 0.15) is 19.0 Å². The molecule has 1 rings (SSSR count). The first-order chi connectivity index (χ1) is 14.3. The van der Waals surface area contributed by atoms with Crippen molar-refractivity contribution in [3.8, 4) is 5.75 Å². The molecule has 0 heterocycles. The molecule has 0 aromatic heterocycles. The Bertz CT molecular complexity index is 477. The van der Waals surface area contributed by atoms with E-state index in [1.54, 1.807) is 0 Å². The lowest BCUT2D eigenvalue weighted by Gasteiger charge is -2.08. The number of hydrogen-bond donors (Lipinski definition) is 0. The second kappa shape index (κ2) is 19.7. The van der Waals surface area contributed by atoms with E-state index < -0.39 is 0 Å². The van der Waals surface area contributed by atoms with Gasteiger partial charge < -0.3 is 18.9 Å². The monoisotopic (exact) mass is 408 g/mol. The normalized spacial score (nSPS) is 10.8. The Morgan fingerprint density at radius 1 is 0.690 bits per heavy atom. The van der Waals surface area contributed by atoms with E-state index in [9.17, 15) is 4.79 Å². The first-order valence-corrected chi connectivity index (χ1v) is 11.3. The van der Waals surface area contributed by atoms with E-state index in [-0.39, 0.29) is 5.97 Å². The molecule has 29 heavy (non-hydrogen) atoms. The van der Waals surface area contributed by atoms with Gasteiger partial charge >= 0.3 is 5.97 Å². The molecule has 0 fully saturated rings. The summed E-state index contributed by atoms with van der Waals surface area (Å²) in [6.45, 7) is 4.99. The van der Waals surface area contributed by atoms with Crippen molar-refractivity contribution in [1.82, 2.24) is 0 Å². The van der Waals surface area contributed by atoms with Crippen molar-refractivity contribution in [1.29, 1.82) is 0 Å². The highest BCUT2D eigenvalue weighted by atomic mass is 16.6. The maximum Gasteiger partial charge on any atom is 0.305 e. The molecule has 0 saturated carbocycles. The summed E-state index contributed by atoms with van der Waals surface area (Å²) >= 11 is 0. The number of rotatable bonds is 20. The molecule has 0 N–H and O–H groups in total. The van der Waals surface area contributed by atoms with E-state index in [2.05, 4.69) is 6.92 Å². The second-order valence-electron chi connectivity index (χ2n) is 7.19. The fraction of sp³-hybridized carbons (Fsp3) is 0.708. The summed E-state index contributed by atoms with van der Waals surface area (Å²) < 4.78 is 21.6. The zero-order valence-electron chi connectivity index (χ0n) is 18.2. The van der Waals surface area contributed by atoms with E-state index in [0.717, 1.165) is 18.6 Å². The third-order valence-corrected chi connectivity index (χ3v) is 4.59. The van der Waals surface area contributed by atoms with Gasteiger partial charge in [-0.2, -0.15) is 0 Å². The van der Waals surface area contributed by atoms with Crippen molar-refractivity contribution in [2.24, 2.45) is 0 Å². The minimum Gasteiger partial charge on any atom is -0.491 e. The van der Waals surface area contributed by atoms with Crippen molar-refractivity contribution in [3.05, 3.63) is 30.3 Å². The van der Waals surface area contributed by atoms with Gasteiger partial charge in [-0.05, 0) is 18.6 Å². The first kappa shape index (κ1) is 25.4. The van der Waals surface area contributed by atoms with Crippen LogP contribution in [0, 0.1) is 0 Å². The molecule has 0 aliphatic rings. The van der Waals surface area contributed by atoms with Crippen LogP contribution >= 0.6 is 0 Å². The van der Waals surface area contributed by atoms with Crippen molar-refractivity contribution in [2.45, 2.75) is 71.1 Å². The van der Waals surface area contributed by atoms with Crippen LogP contribution < -0.4 is 4.74 Å². The lowest BCUT2D eigenvalue weighted by molar-refractivity contribution is -0.145. The molecular formula is C24H40O5. The van der Waals surface area contributed by atoms with Crippen molar-refractivity contribution in [3.63, 3.8) is 0 Å².